The Balaban J connectivity index is 2.12. The average molecular weight is 275 g/mol. The van der Waals surface area contributed by atoms with Gasteiger partial charge in [0, 0.05) is 45.2 Å². The van der Waals surface area contributed by atoms with Gasteiger partial charge in [0.2, 0.25) is 5.91 Å². The van der Waals surface area contributed by atoms with Gasteiger partial charge in [0.15, 0.2) is 0 Å². The van der Waals surface area contributed by atoms with Crippen molar-refractivity contribution in [2.24, 2.45) is 5.73 Å². The number of benzene rings is 1. The van der Waals surface area contributed by atoms with Crippen LogP contribution in [0, 0.1) is 0 Å². The Kier molecular flexibility index (Phi) is 5.15. The molecule has 4 heteroatoms. The fourth-order valence-electron chi connectivity index (χ4n) is 3.03. The van der Waals surface area contributed by atoms with Crippen LogP contribution in [0.25, 0.3) is 0 Å². The molecule has 2 atom stereocenters. The lowest BCUT2D eigenvalue weighted by Crippen LogP contribution is -2.41. The maximum absolute atomic E-state index is 11.5. The van der Waals surface area contributed by atoms with Crippen molar-refractivity contribution in [3.8, 4) is 0 Å². The van der Waals surface area contributed by atoms with Crippen LogP contribution in [0.1, 0.15) is 31.9 Å². The Labute approximate surface area is 121 Å². The van der Waals surface area contributed by atoms with Crippen molar-refractivity contribution in [2.45, 2.75) is 32.4 Å². The van der Waals surface area contributed by atoms with E-state index < -0.39 is 0 Å². The van der Waals surface area contributed by atoms with Gasteiger partial charge in [-0.25, -0.2) is 0 Å². The fourth-order valence-corrected chi connectivity index (χ4v) is 3.03. The molecule has 0 aliphatic carbocycles. The van der Waals surface area contributed by atoms with Gasteiger partial charge in [-0.15, -0.1) is 0 Å². The molecular formula is C16H25N3O. The number of hydrogen-bond acceptors (Lipinski definition) is 3. The molecule has 1 amide bonds. The molecule has 1 fully saturated rings. The predicted octanol–water partition coefficient (Wildman–Crippen LogP) is 1.63. The Hall–Kier alpha value is -1.39. The standard InChI is InChI=1S/C16H25N3O/c1-13(17)16(15-7-4-3-5-8-15)19-10-6-9-18(11-12-19)14(2)20/h3-5,7-8,13,16H,6,9-12,17H2,1-2H3. The van der Waals surface area contributed by atoms with Crippen LogP contribution in [-0.2, 0) is 4.79 Å². The maximum atomic E-state index is 11.5. The lowest BCUT2D eigenvalue weighted by molar-refractivity contribution is -0.128. The van der Waals surface area contributed by atoms with E-state index in [2.05, 4.69) is 36.1 Å². The van der Waals surface area contributed by atoms with Gasteiger partial charge in [0.1, 0.15) is 0 Å². The smallest absolute Gasteiger partial charge is 0.219 e. The highest BCUT2D eigenvalue weighted by Crippen LogP contribution is 2.24. The second-order valence-corrected chi connectivity index (χ2v) is 5.61. The zero-order chi connectivity index (χ0) is 14.5. The minimum Gasteiger partial charge on any atom is -0.342 e. The molecule has 2 N–H and O–H groups in total. The van der Waals surface area contributed by atoms with Crippen LogP contribution in [0.15, 0.2) is 30.3 Å². The van der Waals surface area contributed by atoms with Crippen LogP contribution in [0.5, 0.6) is 0 Å². The minimum absolute atomic E-state index is 0.0706. The summed E-state index contributed by atoms with van der Waals surface area (Å²) >= 11 is 0. The SMILES string of the molecule is CC(=O)N1CCCN(C(c2ccccc2)C(C)N)CC1. The van der Waals surface area contributed by atoms with Crippen molar-refractivity contribution in [1.82, 2.24) is 9.80 Å². The van der Waals surface area contributed by atoms with Crippen LogP contribution in [0.4, 0.5) is 0 Å². The van der Waals surface area contributed by atoms with Gasteiger partial charge in [-0.1, -0.05) is 30.3 Å². The lowest BCUT2D eigenvalue weighted by Gasteiger charge is -2.33. The van der Waals surface area contributed by atoms with E-state index in [-0.39, 0.29) is 18.0 Å². The highest BCUT2D eigenvalue weighted by molar-refractivity contribution is 5.73. The molecule has 1 heterocycles. The molecule has 1 aliphatic heterocycles. The zero-order valence-electron chi connectivity index (χ0n) is 12.5. The normalized spacial score (nSPS) is 20.2. The monoisotopic (exact) mass is 275 g/mol. The molecule has 1 aliphatic rings. The number of carbonyl (C=O) groups excluding carboxylic acids is 1. The van der Waals surface area contributed by atoms with Crippen molar-refractivity contribution < 1.29 is 4.79 Å². The van der Waals surface area contributed by atoms with Gasteiger partial charge < -0.3 is 10.6 Å². The summed E-state index contributed by atoms with van der Waals surface area (Å²) in [5.74, 6) is 0.170. The molecule has 1 aromatic rings. The van der Waals surface area contributed by atoms with Crippen molar-refractivity contribution in [3.05, 3.63) is 35.9 Å². The van der Waals surface area contributed by atoms with Crippen LogP contribution in [0.3, 0.4) is 0 Å². The van der Waals surface area contributed by atoms with Crippen molar-refractivity contribution in [3.63, 3.8) is 0 Å². The summed E-state index contributed by atoms with van der Waals surface area (Å²) in [4.78, 5) is 15.9. The molecule has 0 spiro atoms. The molecule has 0 aromatic heterocycles. The molecule has 1 aromatic carbocycles. The second-order valence-electron chi connectivity index (χ2n) is 5.61. The largest absolute Gasteiger partial charge is 0.342 e. The van der Waals surface area contributed by atoms with E-state index in [1.54, 1.807) is 6.92 Å². The van der Waals surface area contributed by atoms with Crippen LogP contribution < -0.4 is 5.73 Å². The maximum Gasteiger partial charge on any atom is 0.219 e. The number of amides is 1. The highest BCUT2D eigenvalue weighted by Gasteiger charge is 2.26. The minimum atomic E-state index is 0.0706. The molecule has 0 saturated carbocycles. The summed E-state index contributed by atoms with van der Waals surface area (Å²) in [7, 11) is 0. The summed E-state index contributed by atoms with van der Waals surface area (Å²) in [6.07, 6.45) is 1.01. The van der Waals surface area contributed by atoms with E-state index in [0.29, 0.717) is 0 Å². The molecule has 2 rings (SSSR count). The molecule has 110 valence electrons. The van der Waals surface area contributed by atoms with E-state index in [1.165, 1.54) is 5.56 Å². The van der Waals surface area contributed by atoms with E-state index >= 15 is 0 Å². The Morgan fingerprint density at radius 3 is 2.45 bits per heavy atom. The van der Waals surface area contributed by atoms with Gasteiger partial charge in [-0.2, -0.15) is 0 Å². The molecule has 20 heavy (non-hydrogen) atoms. The van der Waals surface area contributed by atoms with Gasteiger partial charge >= 0.3 is 0 Å². The quantitative estimate of drug-likeness (QED) is 0.912. The first-order valence-corrected chi connectivity index (χ1v) is 7.39. The number of rotatable bonds is 3. The molecule has 4 nitrogen and oxygen atoms in total. The molecule has 0 radical (unpaired) electrons. The van der Waals surface area contributed by atoms with E-state index in [4.69, 9.17) is 5.73 Å². The Morgan fingerprint density at radius 2 is 1.85 bits per heavy atom. The van der Waals surface area contributed by atoms with E-state index in [1.807, 2.05) is 11.0 Å². The lowest BCUT2D eigenvalue weighted by atomic mass is 9.99. The van der Waals surface area contributed by atoms with E-state index in [9.17, 15) is 4.79 Å². The van der Waals surface area contributed by atoms with Crippen LogP contribution >= 0.6 is 0 Å². The zero-order valence-corrected chi connectivity index (χ0v) is 12.5. The number of nitrogens with two attached hydrogens (primary N) is 1. The molecule has 1 saturated heterocycles. The summed E-state index contributed by atoms with van der Waals surface area (Å²) in [5, 5.41) is 0. The van der Waals surface area contributed by atoms with Gasteiger partial charge in [0.05, 0.1) is 0 Å². The van der Waals surface area contributed by atoms with Crippen LogP contribution in [-0.4, -0.2) is 47.9 Å². The molecule has 0 bridgehead atoms. The first kappa shape index (κ1) is 15.0. The second kappa shape index (κ2) is 6.86. The topological polar surface area (TPSA) is 49.6 Å². The van der Waals surface area contributed by atoms with Crippen molar-refractivity contribution in [2.75, 3.05) is 26.2 Å². The van der Waals surface area contributed by atoms with Crippen LogP contribution in [0.2, 0.25) is 0 Å². The van der Waals surface area contributed by atoms with Gasteiger partial charge in [-0.3, -0.25) is 9.69 Å². The Bertz CT molecular complexity index is 433. The van der Waals surface area contributed by atoms with Gasteiger partial charge in [-0.05, 0) is 18.9 Å². The van der Waals surface area contributed by atoms with Crippen molar-refractivity contribution in [1.29, 1.82) is 0 Å². The molecule has 2 unspecified atom stereocenters. The first-order chi connectivity index (χ1) is 9.59. The number of hydrogen-bond donors (Lipinski definition) is 1. The predicted molar refractivity (Wildman–Crippen MR) is 81.3 cm³/mol. The summed E-state index contributed by atoms with van der Waals surface area (Å²) < 4.78 is 0. The Morgan fingerprint density at radius 1 is 1.15 bits per heavy atom. The third kappa shape index (κ3) is 3.58. The summed E-state index contributed by atoms with van der Waals surface area (Å²) in [6.45, 7) is 7.24. The third-order valence-electron chi connectivity index (χ3n) is 4.01. The number of carbonyl (C=O) groups is 1. The van der Waals surface area contributed by atoms with Gasteiger partial charge in [0.25, 0.3) is 0 Å². The van der Waals surface area contributed by atoms with Crippen molar-refractivity contribution >= 4 is 5.91 Å². The number of nitrogens with zero attached hydrogens (tertiary/aromatic N) is 2. The highest BCUT2D eigenvalue weighted by atomic mass is 16.2. The summed E-state index contributed by atoms with van der Waals surface area (Å²) in [5.41, 5.74) is 7.49. The third-order valence-corrected chi connectivity index (χ3v) is 4.01. The van der Waals surface area contributed by atoms with E-state index in [0.717, 1.165) is 32.6 Å². The average Bonchev–Trinajstić information content (AvgIpc) is 2.66. The summed E-state index contributed by atoms with van der Waals surface area (Å²) in [6, 6.07) is 10.7. The fraction of sp³-hybridized carbons (Fsp3) is 0.562. The molecular weight excluding hydrogens is 250 g/mol. The first-order valence-electron chi connectivity index (χ1n) is 7.39.